The van der Waals surface area contributed by atoms with Crippen molar-refractivity contribution in [3.63, 3.8) is 0 Å². The minimum atomic E-state index is -0.106. The van der Waals surface area contributed by atoms with Gasteiger partial charge in [-0.3, -0.25) is 9.36 Å². The highest BCUT2D eigenvalue weighted by Gasteiger charge is 2.14. The first kappa shape index (κ1) is 13.1. The van der Waals surface area contributed by atoms with Crippen LogP contribution in [0.5, 0.6) is 0 Å². The van der Waals surface area contributed by atoms with Crippen molar-refractivity contribution in [2.24, 2.45) is 0 Å². The van der Waals surface area contributed by atoms with Gasteiger partial charge >= 0.3 is 0 Å². The van der Waals surface area contributed by atoms with E-state index >= 15 is 0 Å². The van der Waals surface area contributed by atoms with Crippen LogP contribution in [-0.4, -0.2) is 19.3 Å². The summed E-state index contributed by atoms with van der Waals surface area (Å²) < 4.78 is 3.23. The molecule has 98 valence electrons. The van der Waals surface area contributed by atoms with E-state index in [0.717, 1.165) is 12.8 Å². The predicted molar refractivity (Wildman–Crippen MR) is 72.1 cm³/mol. The van der Waals surface area contributed by atoms with E-state index in [4.69, 9.17) is 11.6 Å². The fraction of sp³-hybridized carbons (Fsp3) is 0.583. The van der Waals surface area contributed by atoms with Gasteiger partial charge in [-0.25, -0.2) is 4.68 Å². The maximum absolute atomic E-state index is 12.3. The normalized spacial score (nSPS) is 11.6. The average Bonchev–Trinajstić information content (AvgIpc) is 2.72. The Bertz CT molecular complexity index is 614. The Balaban J connectivity index is 2.62. The largest absolute Gasteiger partial charge is 0.283 e. The van der Waals surface area contributed by atoms with Gasteiger partial charge in [0.15, 0.2) is 5.65 Å². The molecule has 2 heterocycles. The van der Waals surface area contributed by atoms with Gasteiger partial charge in [-0.15, -0.1) is 0 Å². The Morgan fingerprint density at radius 1 is 1.44 bits per heavy atom. The van der Waals surface area contributed by atoms with E-state index in [-0.39, 0.29) is 16.9 Å². The van der Waals surface area contributed by atoms with Crippen LogP contribution in [0.3, 0.4) is 0 Å². The van der Waals surface area contributed by atoms with Crippen molar-refractivity contribution in [3.8, 4) is 0 Å². The monoisotopic (exact) mass is 268 g/mol. The second-order valence-electron chi connectivity index (χ2n) is 4.61. The zero-order valence-electron chi connectivity index (χ0n) is 10.9. The zero-order valence-corrected chi connectivity index (χ0v) is 11.6. The molecule has 0 aliphatic rings. The van der Waals surface area contributed by atoms with Crippen molar-refractivity contribution in [1.82, 2.24) is 19.3 Å². The highest BCUT2D eigenvalue weighted by molar-refractivity contribution is 6.28. The molecular weight excluding hydrogens is 252 g/mol. The molecule has 2 aromatic rings. The second-order valence-corrected chi connectivity index (χ2v) is 4.95. The number of unbranched alkanes of at least 4 members (excludes halogenated alkanes) is 1. The third kappa shape index (κ3) is 2.14. The summed E-state index contributed by atoms with van der Waals surface area (Å²) in [5.41, 5.74) is 0.457. The van der Waals surface area contributed by atoms with Gasteiger partial charge in [-0.2, -0.15) is 10.1 Å². The van der Waals surface area contributed by atoms with Gasteiger partial charge in [-0.1, -0.05) is 13.3 Å². The van der Waals surface area contributed by atoms with Gasteiger partial charge in [0.05, 0.1) is 6.20 Å². The van der Waals surface area contributed by atoms with Crippen LogP contribution in [0.25, 0.3) is 11.0 Å². The number of halogens is 1. The van der Waals surface area contributed by atoms with Crippen LogP contribution in [0, 0.1) is 0 Å². The molecule has 0 fully saturated rings. The first-order valence-electron chi connectivity index (χ1n) is 6.19. The van der Waals surface area contributed by atoms with E-state index in [1.165, 1.54) is 4.57 Å². The lowest BCUT2D eigenvalue weighted by molar-refractivity contribution is 0.544. The number of rotatable bonds is 4. The molecule has 0 aromatic carbocycles. The molecule has 18 heavy (non-hydrogen) atoms. The molecular formula is C12H17ClN4O. The van der Waals surface area contributed by atoms with Crippen molar-refractivity contribution in [3.05, 3.63) is 21.8 Å². The van der Waals surface area contributed by atoms with Gasteiger partial charge in [0.25, 0.3) is 5.56 Å². The lowest BCUT2D eigenvalue weighted by atomic mass is 10.3. The summed E-state index contributed by atoms with van der Waals surface area (Å²) >= 11 is 6.09. The lowest BCUT2D eigenvalue weighted by Crippen LogP contribution is -2.22. The third-order valence-corrected chi connectivity index (χ3v) is 3.18. The maximum Gasteiger partial charge on any atom is 0.265 e. The Kier molecular flexibility index (Phi) is 3.71. The number of nitrogens with zero attached hydrogens (tertiary/aromatic N) is 4. The summed E-state index contributed by atoms with van der Waals surface area (Å²) in [5.74, 6) is 0. The van der Waals surface area contributed by atoms with Crippen LogP contribution in [0.1, 0.15) is 39.7 Å². The molecule has 0 radical (unpaired) electrons. The summed E-state index contributed by atoms with van der Waals surface area (Å²) in [4.78, 5) is 16.6. The molecule has 2 rings (SSSR count). The molecule has 5 nitrogen and oxygen atoms in total. The molecule has 0 spiro atoms. The Labute approximate surface area is 110 Å². The predicted octanol–water partition coefficient (Wildman–Crippen LogP) is 2.63. The highest BCUT2D eigenvalue weighted by atomic mass is 35.5. The number of aromatic nitrogens is 4. The molecule has 6 heteroatoms. The standard InChI is InChI=1S/C12H17ClN4O/c1-4-5-6-16-11(18)9-7-14-17(8(2)3)10(9)15-12(16)13/h7-8H,4-6H2,1-3H3. The lowest BCUT2D eigenvalue weighted by Gasteiger charge is -2.09. The first-order valence-corrected chi connectivity index (χ1v) is 6.57. The second kappa shape index (κ2) is 5.10. The molecule has 0 saturated carbocycles. The molecule has 0 unspecified atom stereocenters. The summed E-state index contributed by atoms with van der Waals surface area (Å²) in [6, 6.07) is 0.150. The molecule has 0 saturated heterocycles. The van der Waals surface area contributed by atoms with E-state index in [0.29, 0.717) is 17.6 Å². The maximum atomic E-state index is 12.3. The summed E-state index contributed by atoms with van der Waals surface area (Å²) in [5, 5.41) is 4.97. The van der Waals surface area contributed by atoms with Crippen molar-refractivity contribution in [2.75, 3.05) is 0 Å². The van der Waals surface area contributed by atoms with Crippen molar-refractivity contribution in [2.45, 2.75) is 46.2 Å². The fourth-order valence-electron chi connectivity index (χ4n) is 1.88. The zero-order chi connectivity index (χ0) is 13.3. The Morgan fingerprint density at radius 2 is 2.17 bits per heavy atom. The van der Waals surface area contributed by atoms with Crippen LogP contribution in [-0.2, 0) is 6.54 Å². The first-order chi connectivity index (χ1) is 8.56. The molecule has 0 N–H and O–H groups in total. The molecule has 0 bridgehead atoms. The quantitative estimate of drug-likeness (QED) is 0.801. The van der Waals surface area contributed by atoms with Gasteiger partial charge in [0.2, 0.25) is 5.28 Å². The summed E-state index contributed by atoms with van der Waals surface area (Å²) in [6.07, 6.45) is 3.49. The summed E-state index contributed by atoms with van der Waals surface area (Å²) in [6.45, 7) is 6.65. The van der Waals surface area contributed by atoms with E-state index < -0.39 is 0 Å². The van der Waals surface area contributed by atoms with Crippen LogP contribution in [0.4, 0.5) is 0 Å². The van der Waals surface area contributed by atoms with Crippen LogP contribution < -0.4 is 5.56 Å². The molecule has 0 aliphatic carbocycles. The van der Waals surface area contributed by atoms with Gasteiger partial charge < -0.3 is 0 Å². The number of fused-ring (bicyclic) bond motifs is 1. The Hall–Kier alpha value is -1.36. The van der Waals surface area contributed by atoms with Crippen LogP contribution in [0.2, 0.25) is 5.28 Å². The fourth-order valence-corrected chi connectivity index (χ4v) is 2.12. The number of hydrogen-bond acceptors (Lipinski definition) is 3. The summed E-state index contributed by atoms with van der Waals surface area (Å²) in [7, 11) is 0. The third-order valence-electron chi connectivity index (χ3n) is 2.89. The minimum Gasteiger partial charge on any atom is -0.283 e. The van der Waals surface area contributed by atoms with Gasteiger partial charge in [0, 0.05) is 12.6 Å². The average molecular weight is 269 g/mol. The van der Waals surface area contributed by atoms with Crippen molar-refractivity contribution < 1.29 is 0 Å². The minimum absolute atomic E-state index is 0.106. The van der Waals surface area contributed by atoms with Crippen LogP contribution in [0.15, 0.2) is 11.0 Å². The van der Waals surface area contributed by atoms with E-state index in [1.807, 2.05) is 13.8 Å². The number of hydrogen-bond donors (Lipinski definition) is 0. The topological polar surface area (TPSA) is 52.7 Å². The van der Waals surface area contributed by atoms with Crippen LogP contribution >= 0.6 is 11.6 Å². The molecule has 2 aromatic heterocycles. The molecule has 0 amide bonds. The highest BCUT2D eigenvalue weighted by Crippen LogP contribution is 2.15. The Morgan fingerprint density at radius 3 is 2.78 bits per heavy atom. The van der Waals surface area contributed by atoms with E-state index in [9.17, 15) is 4.79 Å². The SMILES string of the molecule is CCCCn1c(Cl)nc2c(cnn2C(C)C)c1=O. The van der Waals surface area contributed by atoms with Gasteiger partial charge in [0.1, 0.15) is 5.39 Å². The van der Waals surface area contributed by atoms with Crippen molar-refractivity contribution >= 4 is 22.6 Å². The van der Waals surface area contributed by atoms with E-state index in [1.54, 1.807) is 10.9 Å². The van der Waals surface area contributed by atoms with Crippen molar-refractivity contribution in [1.29, 1.82) is 0 Å². The smallest absolute Gasteiger partial charge is 0.265 e. The van der Waals surface area contributed by atoms with E-state index in [2.05, 4.69) is 17.0 Å². The molecule has 0 aliphatic heterocycles. The molecule has 0 atom stereocenters. The van der Waals surface area contributed by atoms with Gasteiger partial charge in [-0.05, 0) is 31.9 Å².